The Morgan fingerprint density at radius 2 is 2.25 bits per heavy atom. The molecule has 2 fully saturated rings. The van der Waals surface area contributed by atoms with Crippen molar-refractivity contribution in [1.29, 1.82) is 0 Å². The van der Waals surface area contributed by atoms with E-state index >= 15 is 0 Å². The molecule has 0 aromatic heterocycles. The minimum atomic E-state index is 0.332. The van der Waals surface area contributed by atoms with Gasteiger partial charge < -0.3 is 15.1 Å². The Labute approximate surface area is 128 Å². The van der Waals surface area contributed by atoms with Crippen LogP contribution in [0.15, 0.2) is 22.7 Å². The van der Waals surface area contributed by atoms with Gasteiger partial charge in [-0.2, -0.15) is 0 Å². The van der Waals surface area contributed by atoms with Crippen LogP contribution in [0.1, 0.15) is 18.4 Å². The fourth-order valence-corrected chi connectivity index (χ4v) is 3.88. The molecule has 1 unspecified atom stereocenters. The summed E-state index contributed by atoms with van der Waals surface area (Å²) in [4.78, 5) is 16.2. The number of halogens is 1. The molecule has 1 aromatic rings. The summed E-state index contributed by atoms with van der Waals surface area (Å²) >= 11 is 3.69. The van der Waals surface area contributed by atoms with Gasteiger partial charge in [0.15, 0.2) is 0 Å². The van der Waals surface area contributed by atoms with E-state index in [-0.39, 0.29) is 0 Å². The third kappa shape index (κ3) is 2.56. The van der Waals surface area contributed by atoms with Crippen LogP contribution in [-0.4, -0.2) is 43.5 Å². The van der Waals surface area contributed by atoms with Crippen LogP contribution in [0.5, 0.6) is 0 Å². The zero-order valence-electron chi connectivity index (χ0n) is 11.7. The van der Waals surface area contributed by atoms with E-state index in [1.165, 1.54) is 11.3 Å². The molecule has 2 aliphatic rings. The minimum Gasteiger partial charge on any atom is -0.367 e. The van der Waals surface area contributed by atoms with Gasteiger partial charge >= 0.3 is 0 Å². The third-order valence-electron chi connectivity index (χ3n) is 4.23. The number of amides is 1. The zero-order valence-corrected chi connectivity index (χ0v) is 13.3. The number of hydrogen-bond donors (Lipinski definition) is 1. The molecule has 3 rings (SSSR count). The number of fused-ring (bicyclic) bond motifs is 1. The maximum absolute atomic E-state index is 11.7. The highest BCUT2D eigenvalue weighted by atomic mass is 79.9. The lowest BCUT2D eigenvalue weighted by atomic mass is 10.1. The van der Waals surface area contributed by atoms with Gasteiger partial charge in [0.05, 0.1) is 5.69 Å². The van der Waals surface area contributed by atoms with Gasteiger partial charge in [-0.1, -0.05) is 6.07 Å². The van der Waals surface area contributed by atoms with Crippen molar-refractivity contribution in [2.75, 3.05) is 31.6 Å². The molecule has 20 heavy (non-hydrogen) atoms. The van der Waals surface area contributed by atoms with E-state index in [0.29, 0.717) is 11.9 Å². The quantitative estimate of drug-likeness (QED) is 0.916. The second-order valence-electron chi connectivity index (χ2n) is 5.54. The van der Waals surface area contributed by atoms with E-state index < -0.39 is 0 Å². The molecule has 0 saturated carbocycles. The molecule has 5 heteroatoms. The van der Waals surface area contributed by atoms with Crippen LogP contribution in [-0.2, 0) is 11.3 Å². The van der Waals surface area contributed by atoms with Gasteiger partial charge in [0.2, 0.25) is 5.91 Å². The number of benzene rings is 1. The van der Waals surface area contributed by atoms with Crippen LogP contribution in [0.4, 0.5) is 5.69 Å². The van der Waals surface area contributed by atoms with Crippen LogP contribution >= 0.6 is 15.9 Å². The number of hydrogen-bond acceptors (Lipinski definition) is 3. The highest BCUT2D eigenvalue weighted by Gasteiger charge is 2.35. The summed E-state index contributed by atoms with van der Waals surface area (Å²) in [5.74, 6) is 0.332. The van der Waals surface area contributed by atoms with E-state index in [2.05, 4.69) is 49.2 Å². The Hall–Kier alpha value is -1.07. The van der Waals surface area contributed by atoms with Crippen molar-refractivity contribution in [3.05, 3.63) is 28.2 Å². The second-order valence-corrected chi connectivity index (χ2v) is 6.40. The predicted octanol–water partition coefficient (Wildman–Crippen LogP) is 1.98. The molecule has 2 heterocycles. The van der Waals surface area contributed by atoms with Crippen LogP contribution in [0.2, 0.25) is 0 Å². The molecular formula is C15H20BrN3O. The van der Waals surface area contributed by atoms with Gasteiger partial charge in [-0.25, -0.2) is 0 Å². The maximum atomic E-state index is 11.7. The molecule has 2 saturated heterocycles. The van der Waals surface area contributed by atoms with E-state index in [9.17, 15) is 4.79 Å². The zero-order chi connectivity index (χ0) is 14.1. The highest BCUT2D eigenvalue weighted by molar-refractivity contribution is 9.10. The Kier molecular flexibility index (Phi) is 3.98. The van der Waals surface area contributed by atoms with Gasteiger partial charge in [-0.05, 0) is 47.1 Å². The van der Waals surface area contributed by atoms with Gasteiger partial charge in [0.1, 0.15) is 0 Å². The first-order valence-corrected chi connectivity index (χ1v) is 7.96. The number of carbonyl (C=O) groups excluding carboxylic acids is 1. The highest BCUT2D eigenvalue weighted by Crippen LogP contribution is 2.31. The Morgan fingerprint density at radius 3 is 3.00 bits per heavy atom. The SMILES string of the molecule is CNCc1ccc(N2CCN3C(=O)CCC3C2)c(Br)c1. The smallest absolute Gasteiger partial charge is 0.223 e. The van der Waals surface area contributed by atoms with Crippen molar-refractivity contribution in [2.45, 2.75) is 25.4 Å². The summed E-state index contributed by atoms with van der Waals surface area (Å²) in [5.41, 5.74) is 2.52. The van der Waals surface area contributed by atoms with Crippen LogP contribution in [0.25, 0.3) is 0 Å². The number of nitrogens with one attached hydrogen (secondary N) is 1. The number of nitrogens with zero attached hydrogens (tertiary/aromatic N) is 2. The first-order chi connectivity index (χ1) is 9.69. The Bertz CT molecular complexity index is 520. The summed E-state index contributed by atoms with van der Waals surface area (Å²) in [6.07, 6.45) is 1.73. The van der Waals surface area contributed by atoms with Crippen molar-refractivity contribution in [3.63, 3.8) is 0 Å². The first-order valence-electron chi connectivity index (χ1n) is 7.16. The fourth-order valence-electron chi connectivity index (χ4n) is 3.20. The fraction of sp³-hybridized carbons (Fsp3) is 0.533. The molecule has 1 aromatic carbocycles. The Balaban J connectivity index is 1.75. The topological polar surface area (TPSA) is 35.6 Å². The van der Waals surface area contributed by atoms with E-state index in [1.54, 1.807) is 0 Å². The van der Waals surface area contributed by atoms with E-state index in [0.717, 1.165) is 43.5 Å². The van der Waals surface area contributed by atoms with Gasteiger partial charge in [-0.15, -0.1) is 0 Å². The van der Waals surface area contributed by atoms with Gasteiger partial charge in [0, 0.05) is 43.1 Å². The lowest BCUT2D eigenvalue weighted by Crippen LogP contribution is -2.51. The number of rotatable bonds is 3. The van der Waals surface area contributed by atoms with Crippen molar-refractivity contribution in [2.24, 2.45) is 0 Å². The van der Waals surface area contributed by atoms with E-state index in [1.807, 2.05) is 7.05 Å². The summed E-state index contributed by atoms with van der Waals surface area (Å²) in [6.45, 7) is 3.61. The molecule has 0 aliphatic carbocycles. The second kappa shape index (κ2) is 5.74. The number of piperazine rings is 1. The average molecular weight is 338 g/mol. The summed E-state index contributed by atoms with van der Waals surface area (Å²) in [5, 5.41) is 3.17. The van der Waals surface area contributed by atoms with E-state index in [4.69, 9.17) is 0 Å². The molecule has 0 bridgehead atoms. The van der Waals surface area contributed by atoms with Gasteiger partial charge in [0.25, 0.3) is 0 Å². The normalized spacial score (nSPS) is 22.3. The van der Waals surface area contributed by atoms with Crippen molar-refractivity contribution < 1.29 is 4.79 Å². The predicted molar refractivity (Wildman–Crippen MR) is 83.9 cm³/mol. The molecule has 1 N–H and O–H groups in total. The molecule has 1 amide bonds. The van der Waals surface area contributed by atoms with Crippen LogP contribution in [0, 0.1) is 0 Å². The molecular weight excluding hydrogens is 318 g/mol. The van der Waals surface area contributed by atoms with Crippen LogP contribution < -0.4 is 10.2 Å². The maximum Gasteiger partial charge on any atom is 0.223 e. The molecule has 108 valence electrons. The standard InChI is InChI=1S/C15H20BrN3O/c1-17-9-11-2-4-14(13(16)8-11)18-6-7-19-12(10-18)3-5-15(19)20/h2,4,8,12,17H,3,5-7,9-10H2,1H3. The lowest BCUT2D eigenvalue weighted by molar-refractivity contribution is -0.129. The monoisotopic (exact) mass is 337 g/mol. The summed E-state index contributed by atoms with van der Waals surface area (Å²) in [7, 11) is 1.96. The Morgan fingerprint density at radius 1 is 1.40 bits per heavy atom. The first kappa shape index (κ1) is 13.9. The van der Waals surface area contributed by atoms with Crippen molar-refractivity contribution >= 4 is 27.5 Å². The third-order valence-corrected chi connectivity index (χ3v) is 4.86. The molecule has 1 atom stereocenters. The largest absolute Gasteiger partial charge is 0.367 e. The molecule has 2 aliphatic heterocycles. The van der Waals surface area contributed by atoms with Crippen molar-refractivity contribution in [3.8, 4) is 0 Å². The average Bonchev–Trinajstić information content (AvgIpc) is 2.80. The minimum absolute atomic E-state index is 0.332. The molecule has 0 spiro atoms. The van der Waals surface area contributed by atoms with Crippen molar-refractivity contribution in [1.82, 2.24) is 10.2 Å². The summed E-state index contributed by atoms with van der Waals surface area (Å²) < 4.78 is 1.14. The number of carbonyl (C=O) groups is 1. The molecule has 0 radical (unpaired) electrons. The van der Waals surface area contributed by atoms with Gasteiger partial charge in [-0.3, -0.25) is 4.79 Å². The number of anilines is 1. The molecule has 4 nitrogen and oxygen atoms in total. The summed E-state index contributed by atoms with van der Waals surface area (Å²) in [6, 6.07) is 6.93. The van der Waals surface area contributed by atoms with Crippen LogP contribution in [0.3, 0.4) is 0 Å². The lowest BCUT2D eigenvalue weighted by Gasteiger charge is -2.39.